The van der Waals surface area contributed by atoms with E-state index in [2.05, 4.69) is 20.9 Å². The molecule has 0 aliphatic heterocycles. The van der Waals surface area contributed by atoms with Crippen LogP contribution in [-0.4, -0.2) is 11.3 Å². The third-order valence-corrected chi connectivity index (χ3v) is 2.64. The molecule has 0 fully saturated rings. The number of aliphatic imine (C=N–C) groups is 1. The molecule has 0 saturated carbocycles. The summed E-state index contributed by atoms with van der Waals surface area (Å²) in [5.41, 5.74) is 1.57. The normalized spacial score (nSPS) is 10.8. The van der Waals surface area contributed by atoms with Crippen LogP contribution in [0, 0.1) is 0 Å². The van der Waals surface area contributed by atoms with Crippen LogP contribution in [0.3, 0.4) is 0 Å². The van der Waals surface area contributed by atoms with E-state index in [0.717, 1.165) is 10.2 Å². The molecule has 0 aromatic heterocycles. The quantitative estimate of drug-likeness (QED) is 0.829. The number of halogens is 1. The van der Waals surface area contributed by atoms with Gasteiger partial charge in [0.2, 0.25) is 0 Å². The molecule has 2 aromatic carbocycles. The Morgan fingerprint density at radius 2 is 1.69 bits per heavy atom. The molecule has 0 bridgehead atoms. The second-order valence-corrected chi connectivity index (χ2v) is 4.21. The average Bonchev–Trinajstić information content (AvgIpc) is 2.30. The number of benzene rings is 2. The molecule has 80 valence electrons. The first kappa shape index (κ1) is 10.9. The van der Waals surface area contributed by atoms with Crippen molar-refractivity contribution in [3.05, 3.63) is 58.6 Å². The Labute approximate surface area is 102 Å². The summed E-state index contributed by atoms with van der Waals surface area (Å²) >= 11 is 3.36. The van der Waals surface area contributed by atoms with E-state index in [0.29, 0.717) is 5.56 Å². The lowest BCUT2D eigenvalue weighted by Gasteiger charge is -1.97. The summed E-state index contributed by atoms with van der Waals surface area (Å²) in [5, 5.41) is 9.53. The predicted octanol–water partition coefficient (Wildman–Crippen LogP) is 3.91. The summed E-state index contributed by atoms with van der Waals surface area (Å²) in [7, 11) is 0. The summed E-state index contributed by atoms with van der Waals surface area (Å²) in [4.78, 5) is 4.27. The molecule has 0 amide bonds. The SMILES string of the molecule is Oc1ccccc1C=Nc1ccc(Br)cc1. The van der Waals surface area contributed by atoms with Gasteiger partial charge in [-0.05, 0) is 36.4 Å². The molecule has 0 saturated heterocycles. The van der Waals surface area contributed by atoms with Crippen LogP contribution in [0.4, 0.5) is 5.69 Å². The zero-order valence-electron chi connectivity index (χ0n) is 8.47. The van der Waals surface area contributed by atoms with E-state index in [4.69, 9.17) is 0 Å². The molecule has 0 heterocycles. The average molecular weight is 276 g/mol. The van der Waals surface area contributed by atoms with Crippen molar-refractivity contribution in [2.45, 2.75) is 0 Å². The lowest BCUT2D eigenvalue weighted by molar-refractivity contribution is 0.474. The molecule has 16 heavy (non-hydrogen) atoms. The molecule has 3 heteroatoms. The van der Waals surface area contributed by atoms with Gasteiger partial charge in [-0.25, -0.2) is 0 Å². The van der Waals surface area contributed by atoms with Gasteiger partial charge in [-0.1, -0.05) is 28.1 Å². The minimum Gasteiger partial charge on any atom is -0.507 e. The van der Waals surface area contributed by atoms with E-state index >= 15 is 0 Å². The van der Waals surface area contributed by atoms with Gasteiger partial charge in [-0.15, -0.1) is 0 Å². The van der Waals surface area contributed by atoms with Crippen LogP contribution in [0.15, 0.2) is 58.0 Å². The fourth-order valence-electron chi connectivity index (χ4n) is 1.27. The maximum absolute atomic E-state index is 9.53. The largest absolute Gasteiger partial charge is 0.507 e. The lowest BCUT2D eigenvalue weighted by atomic mass is 10.2. The zero-order chi connectivity index (χ0) is 11.4. The molecule has 0 unspecified atom stereocenters. The standard InChI is InChI=1S/C13H10BrNO/c14-11-5-7-12(8-6-11)15-9-10-3-1-2-4-13(10)16/h1-9,16H. The van der Waals surface area contributed by atoms with Gasteiger partial charge < -0.3 is 5.11 Å². The molecule has 0 atom stereocenters. The summed E-state index contributed by atoms with van der Waals surface area (Å²) in [5.74, 6) is 0.239. The molecular weight excluding hydrogens is 266 g/mol. The van der Waals surface area contributed by atoms with Crippen molar-refractivity contribution in [3.63, 3.8) is 0 Å². The van der Waals surface area contributed by atoms with Crippen LogP contribution in [0.2, 0.25) is 0 Å². The van der Waals surface area contributed by atoms with Crippen LogP contribution in [0.1, 0.15) is 5.56 Å². The number of phenols is 1. The van der Waals surface area contributed by atoms with Crippen LogP contribution in [0.5, 0.6) is 5.75 Å². The van der Waals surface area contributed by atoms with E-state index in [9.17, 15) is 5.11 Å². The zero-order valence-corrected chi connectivity index (χ0v) is 10.1. The Morgan fingerprint density at radius 1 is 1.00 bits per heavy atom. The van der Waals surface area contributed by atoms with Crippen LogP contribution < -0.4 is 0 Å². The van der Waals surface area contributed by atoms with Gasteiger partial charge in [0.25, 0.3) is 0 Å². The van der Waals surface area contributed by atoms with Gasteiger partial charge in [0.1, 0.15) is 5.75 Å². The number of rotatable bonds is 2. The van der Waals surface area contributed by atoms with Gasteiger partial charge in [-0.2, -0.15) is 0 Å². The van der Waals surface area contributed by atoms with Gasteiger partial charge in [0, 0.05) is 16.3 Å². The molecule has 0 aliphatic rings. The van der Waals surface area contributed by atoms with Gasteiger partial charge in [-0.3, -0.25) is 4.99 Å². The smallest absolute Gasteiger partial charge is 0.124 e. The first-order valence-electron chi connectivity index (χ1n) is 4.83. The molecule has 0 aliphatic carbocycles. The molecule has 0 radical (unpaired) electrons. The van der Waals surface area contributed by atoms with Crippen molar-refractivity contribution in [2.24, 2.45) is 4.99 Å². The maximum Gasteiger partial charge on any atom is 0.124 e. The van der Waals surface area contributed by atoms with E-state index in [1.165, 1.54) is 0 Å². The highest BCUT2D eigenvalue weighted by molar-refractivity contribution is 9.10. The van der Waals surface area contributed by atoms with Crippen molar-refractivity contribution in [1.82, 2.24) is 0 Å². The number of nitrogens with zero attached hydrogens (tertiary/aromatic N) is 1. The maximum atomic E-state index is 9.53. The first-order chi connectivity index (χ1) is 7.75. The van der Waals surface area contributed by atoms with Gasteiger partial charge in [0.15, 0.2) is 0 Å². The predicted molar refractivity (Wildman–Crippen MR) is 69.5 cm³/mol. The van der Waals surface area contributed by atoms with Crippen molar-refractivity contribution in [1.29, 1.82) is 0 Å². The van der Waals surface area contributed by atoms with Crippen LogP contribution in [-0.2, 0) is 0 Å². The van der Waals surface area contributed by atoms with Crippen molar-refractivity contribution >= 4 is 27.8 Å². The second kappa shape index (κ2) is 4.94. The molecule has 2 nitrogen and oxygen atoms in total. The molecule has 0 spiro atoms. The minimum atomic E-state index is 0.239. The van der Waals surface area contributed by atoms with Gasteiger partial charge >= 0.3 is 0 Å². The summed E-state index contributed by atoms with van der Waals surface area (Å²) in [6.45, 7) is 0. The highest BCUT2D eigenvalue weighted by atomic mass is 79.9. The van der Waals surface area contributed by atoms with Crippen LogP contribution in [0.25, 0.3) is 0 Å². The van der Waals surface area contributed by atoms with Crippen LogP contribution >= 0.6 is 15.9 Å². The molecular formula is C13H10BrNO. The lowest BCUT2D eigenvalue weighted by Crippen LogP contribution is -1.80. The number of aromatic hydroxyl groups is 1. The number of para-hydroxylation sites is 1. The monoisotopic (exact) mass is 275 g/mol. The van der Waals surface area contributed by atoms with E-state index in [1.807, 2.05) is 36.4 Å². The van der Waals surface area contributed by atoms with Gasteiger partial charge in [0.05, 0.1) is 5.69 Å². The van der Waals surface area contributed by atoms with E-state index in [1.54, 1.807) is 18.3 Å². The molecule has 2 aromatic rings. The summed E-state index contributed by atoms with van der Waals surface area (Å²) in [6, 6.07) is 14.8. The van der Waals surface area contributed by atoms with Crippen molar-refractivity contribution in [3.8, 4) is 5.75 Å². The summed E-state index contributed by atoms with van der Waals surface area (Å²) < 4.78 is 1.02. The Bertz CT molecular complexity index is 506. The van der Waals surface area contributed by atoms with E-state index in [-0.39, 0.29) is 5.75 Å². The van der Waals surface area contributed by atoms with E-state index < -0.39 is 0 Å². The highest BCUT2D eigenvalue weighted by Gasteiger charge is 1.94. The fraction of sp³-hybridized carbons (Fsp3) is 0. The topological polar surface area (TPSA) is 32.6 Å². The first-order valence-corrected chi connectivity index (χ1v) is 5.62. The number of hydrogen-bond acceptors (Lipinski definition) is 2. The minimum absolute atomic E-state index is 0.239. The second-order valence-electron chi connectivity index (χ2n) is 3.29. The number of hydrogen-bond donors (Lipinski definition) is 1. The van der Waals surface area contributed by atoms with Crippen molar-refractivity contribution < 1.29 is 5.11 Å². The Balaban J connectivity index is 2.21. The van der Waals surface area contributed by atoms with Crippen molar-refractivity contribution in [2.75, 3.05) is 0 Å². The fourth-order valence-corrected chi connectivity index (χ4v) is 1.53. The number of phenolic OH excluding ortho intramolecular Hbond substituents is 1. The highest BCUT2D eigenvalue weighted by Crippen LogP contribution is 2.18. The third-order valence-electron chi connectivity index (χ3n) is 2.12. The Morgan fingerprint density at radius 3 is 2.38 bits per heavy atom. The Kier molecular flexibility index (Phi) is 3.37. The Hall–Kier alpha value is -1.61. The third kappa shape index (κ3) is 2.70. The summed E-state index contributed by atoms with van der Waals surface area (Å²) in [6.07, 6.45) is 1.65. The molecule has 1 N–H and O–H groups in total. The molecule has 2 rings (SSSR count).